The minimum absolute atomic E-state index is 0.0767. The van der Waals surface area contributed by atoms with Crippen molar-refractivity contribution in [2.45, 2.75) is 31.6 Å². The fourth-order valence-electron chi connectivity index (χ4n) is 5.26. The number of carbonyl (C=O) groups excluding carboxylic acids is 2. The number of carbonyl (C=O) groups is 2. The summed E-state index contributed by atoms with van der Waals surface area (Å²) in [5.41, 5.74) is 17.2. The Morgan fingerprint density at radius 2 is 1.71 bits per heavy atom. The molecule has 0 radical (unpaired) electrons. The average molecular weight is 508 g/mol. The van der Waals surface area contributed by atoms with Crippen LogP contribution < -0.4 is 11.5 Å². The quantitative estimate of drug-likeness (QED) is 0.267. The Hall–Kier alpha value is -4.86. The second kappa shape index (κ2) is 9.55. The largest absolute Gasteiger partial charge is 0.412 e. The average Bonchev–Trinajstić information content (AvgIpc) is 3.34. The van der Waals surface area contributed by atoms with Crippen molar-refractivity contribution < 1.29 is 14.3 Å². The molecule has 190 valence electrons. The van der Waals surface area contributed by atoms with Crippen molar-refractivity contribution in [2.75, 3.05) is 5.73 Å². The number of imidazole rings is 1. The van der Waals surface area contributed by atoms with Gasteiger partial charge in [-0.1, -0.05) is 30.3 Å². The summed E-state index contributed by atoms with van der Waals surface area (Å²) < 4.78 is 6.55. The van der Waals surface area contributed by atoms with Gasteiger partial charge in [0.05, 0.1) is 34.5 Å². The lowest BCUT2D eigenvalue weighted by molar-refractivity contribution is -0.142. The van der Waals surface area contributed by atoms with E-state index in [2.05, 4.69) is 14.7 Å². The van der Waals surface area contributed by atoms with E-state index in [0.29, 0.717) is 31.5 Å². The lowest BCUT2D eigenvalue weighted by Crippen LogP contribution is -2.27. The van der Waals surface area contributed by atoms with Gasteiger partial charge in [-0.05, 0) is 43.9 Å². The number of ether oxygens (including phenoxy) is 1. The number of fused-ring (bicyclic) bond motifs is 2. The van der Waals surface area contributed by atoms with Gasteiger partial charge in [-0.2, -0.15) is 0 Å². The van der Waals surface area contributed by atoms with Gasteiger partial charge < -0.3 is 16.2 Å². The number of primary amides is 1. The van der Waals surface area contributed by atoms with Crippen LogP contribution in [0.15, 0.2) is 67.1 Å². The van der Waals surface area contributed by atoms with Gasteiger partial charge >= 0.3 is 12.1 Å². The highest BCUT2D eigenvalue weighted by atomic mass is 16.6. The number of aromatic nitrogens is 5. The maximum atomic E-state index is 12.1. The normalized spacial score (nSPS) is 17.5. The van der Waals surface area contributed by atoms with E-state index in [1.807, 2.05) is 59.1 Å². The smallest absolute Gasteiger partial charge is 0.382 e. The van der Waals surface area contributed by atoms with Crippen LogP contribution in [0.4, 0.5) is 10.6 Å². The standard InChI is InChI=1S/C28H25N7O3/c29-25-24-23(17-6-8-18(9-7-17)27(36)38-28(30)37)34-26(35(24)13-12-31-25)19-10-11-20-21(14-19)33-22(15-32-20)16-4-2-1-3-5-16/h1-5,10-15,17-18H,6-9H2,(H2,29,31)(H2,30,37). The molecule has 0 saturated heterocycles. The molecule has 38 heavy (non-hydrogen) atoms. The fourth-order valence-corrected chi connectivity index (χ4v) is 5.26. The van der Waals surface area contributed by atoms with Gasteiger partial charge in [-0.15, -0.1) is 0 Å². The fraction of sp³-hybridized carbons (Fsp3) is 0.214. The highest BCUT2D eigenvalue weighted by molar-refractivity contribution is 5.85. The van der Waals surface area contributed by atoms with Crippen LogP contribution in [-0.2, 0) is 9.53 Å². The first-order valence-electron chi connectivity index (χ1n) is 12.4. The Balaban J connectivity index is 1.37. The van der Waals surface area contributed by atoms with Crippen molar-refractivity contribution in [1.29, 1.82) is 0 Å². The van der Waals surface area contributed by atoms with Crippen LogP contribution >= 0.6 is 0 Å². The van der Waals surface area contributed by atoms with E-state index in [1.165, 1.54) is 0 Å². The van der Waals surface area contributed by atoms with Crippen LogP contribution in [0.2, 0.25) is 0 Å². The third kappa shape index (κ3) is 4.30. The summed E-state index contributed by atoms with van der Waals surface area (Å²) in [6.45, 7) is 0. The number of esters is 1. The van der Waals surface area contributed by atoms with E-state index in [0.717, 1.165) is 44.9 Å². The summed E-state index contributed by atoms with van der Waals surface area (Å²) in [7, 11) is 0. The third-order valence-electron chi connectivity index (χ3n) is 7.13. The zero-order valence-electron chi connectivity index (χ0n) is 20.4. The number of nitrogen functional groups attached to an aromatic ring is 1. The molecule has 0 bridgehead atoms. The van der Waals surface area contributed by atoms with Gasteiger partial charge in [0, 0.05) is 29.4 Å². The molecule has 3 heterocycles. The highest BCUT2D eigenvalue weighted by Gasteiger charge is 2.32. The molecule has 6 rings (SSSR count). The van der Waals surface area contributed by atoms with Crippen LogP contribution in [0.5, 0.6) is 0 Å². The van der Waals surface area contributed by atoms with Crippen molar-refractivity contribution in [3.63, 3.8) is 0 Å². The Labute approximate surface area is 217 Å². The molecule has 1 amide bonds. The first kappa shape index (κ1) is 23.5. The van der Waals surface area contributed by atoms with Crippen LogP contribution in [0.1, 0.15) is 37.3 Å². The zero-order valence-corrected chi connectivity index (χ0v) is 20.4. The number of hydrogen-bond acceptors (Lipinski definition) is 8. The van der Waals surface area contributed by atoms with Crippen molar-refractivity contribution in [2.24, 2.45) is 11.7 Å². The molecule has 1 aliphatic carbocycles. The predicted molar refractivity (Wildman–Crippen MR) is 142 cm³/mol. The molecule has 4 N–H and O–H groups in total. The molecule has 0 unspecified atom stereocenters. The molecule has 10 nitrogen and oxygen atoms in total. The molecular formula is C28H25N7O3. The monoisotopic (exact) mass is 507 g/mol. The third-order valence-corrected chi connectivity index (χ3v) is 7.13. The van der Waals surface area contributed by atoms with Crippen molar-refractivity contribution >= 4 is 34.4 Å². The van der Waals surface area contributed by atoms with E-state index < -0.39 is 12.1 Å². The maximum Gasteiger partial charge on any atom is 0.412 e. The Kier molecular flexibility index (Phi) is 5.91. The van der Waals surface area contributed by atoms with Crippen molar-refractivity contribution in [1.82, 2.24) is 24.3 Å². The first-order chi connectivity index (χ1) is 18.5. The van der Waals surface area contributed by atoms with E-state index in [9.17, 15) is 9.59 Å². The van der Waals surface area contributed by atoms with E-state index in [1.54, 1.807) is 12.4 Å². The molecule has 3 aromatic heterocycles. The van der Waals surface area contributed by atoms with Gasteiger partial charge in [0.15, 0.2) is 0 Å². The second-order valence-electron chi connectivity index (χ2n) is 9.47. The van der Waals surface area contributed by atoms with Crippen LogP contribution in [0.25, 0.3) is 39.2 Å². The molecule has 5 aromatic rings. The van der Waals surface area contributed by atoms with Crippen LogP contribution in [0.3, 0.4) is 0 Å². The Morgan fingerprint density at radius 3 is 2.47 bits per heavy atom. The number of nitrogens with zero attached hydrogens (tertiary/aromatic N) is 5. The number of rotatable bonds is 4. The minimum Gasteiger partial charge on any atom is -0.382 e. The summed E-state index contributed by atoms with van der Waals surface area (Å²) >= 11 is 0. The first-order valence-corrected chi connectivity index (χ1v) is 12.4. The van der Waals surface area contributed by atoms with E-state index in [-0.39, 0.29) is 11.8 Å². The molecule has 0 spiro atoms. The molecule has 0 aliphatic heterocycles. The predicted octanol–water partition coefficient (Wildman–Crippen LogP) is 4.48. The van der Waals surface area contributed by atoms with Gasteiger partial charge in [0.1, 0.15) is 17.2 Å². The van der Waals surface area contributed by atoms with Gasteiger partial charge in [-0.25, -0.2) is 19.7 Å². The summed E-state index contributed by atoms with van der Waals surface area (Å²) in [6.07, 6.45) is 6.74. The SMILES string of the molecule is NC(=O)OC(=O)C1CCC(c2nc(-c3ccc4ncc(-c5ccccc5)nc4c3)n3ccnc(N)c23)CC1. The molecule has 0 atom stereocenters. The van der Waals surface area contributed by atoms with Crippen LogP contribution in [-0.4, -0.2) is 36.4 Å². The lowest BCUT2D eigenvalue weighted by atomic mass is 9.80. The summed E-state index contributed by atoms with van der Waals surface area (Å²) in [5, 5.41) is 0. The van der Waals surface area contributed by atoms with Gasteiger partial charge in [0.25, 0.3) is 0 Å². The topological polar surface area (TPSA) is 151 Å². The number of amides is 1. The van der Waals surface area contributed by atoms with Crippen molar-refractivity contribution in [3.8, 4) is 22.6 Å². The summed E-state index contributed by atoms with van der Waals surface area (Å²) in [6, 6.07) is 15.8. The Morgan fingerprint density at radius 1 is 0.921 bits per heavy atom. The maximum absolute atomic E-state index is 12.1. The number of benzene rings is 2. The van der Waals surface area contributed by atoms with E-state index in [4.69, 9.17) is 21.4 Å². The molecule has 1 saturated carbocycles. The molecule has 1 aliphatic rings. The number of hydrogen-bond donors (Lipinski definition) is 2. The number of nitrogens with two attached hydrogens (primary N) is 2. The molecular weight excluding hydrogens is 482 g/mol. The molecule has 1 fully saturated rings. The zero-order chi connectivity index (χ0) is 26.2. The molecule has 2 aromatic carbocycles. The summed E-state index contributed by atoms with van der Waals surface area (Å²) in [5.74, 6) is 0.268. The Bertz CT molecular complexity index is 1670. The van der Waals surface area contributed by atoms with E-state index >= 15 is 0 Å². The highest BCUT2D eigenvalue weighted by Crippen LogP contribution is 2.40. The van der Waals surface area contributed by atoms with Gasteiger partial charge in [0.2, 0.25) is 0 Å². The van der Waals surface area contributed by atoms with Crippen LogP contribution in [0, 0.1) is 5.92 Å². The second-order valence-corrected chi connectivity index (χ2v) is 9.47. The van der Waals surface area contributed by atoms with Gasteiger partial charge in [-0.3, -0.25) is 14.2 Å². The molecule has 10 heteroatoms. The van der Waals surface area contributed by atoms with Crippen molar-refractivity contribution in [3.05, 3.63) is 72.8 Å². The summed E-state index contributed by atoms with van der Waals surface area (Å²) in [4.78, 5) is 41.9. The number of anilines is 1. The lowest BCUT2D eigenvalue weighted by Gasteiger charge is -2.26. The minimum atomic E-state index is -1.07.